The third-order valence-corrected chi connectivity index (χ3v) is 4.37. The van der Waals surface area contributed by atoms with Crippen LogP contribution in [0.2, 0.25) is 0 Å². The van der Waals surface area contributed by atoms with Gasteiger partial charge in [-0.25, -0.2) is 9.55 Å². The number of furan rings is 1. The third-order valence-electron chi connectivity index (χ3n) is 4.37. The zero-order chi connectivity index (χ0) is 20.3. The van der Waals surface area contributed by atoms with Gasteiger partial charge in [0.2, 0.25) is 5.69 Å². The predicted molar refractivity (Wildman–Crippen MR) is 97.0 cm³/mol. The number of pyridine rings is 2. The van der Waals surface area contributed by atoms with E-state index in [0.717, 1.165) is 22.2 Å². The molecule has 0 saturated carbocycles. The second-order valence-corrected chi connectivity index (χ2v) is 6.13. The molecule has 0 bridgehead atoms. The average molecular weight is 321 g/mol. The van der Waals surface area contributed by atoms with Crippen molar-refractivity contribution in [3.05, 3.63) is 59.9 Å². The summed E-state index contributed by atoms with van der Waals surface area (Å²) in [6, 6.07) is 13.3. The normalized spacial score (nSPS) is 17.1. The lowest BCUT2D eigenvalue weighted by Crippen LogP contribution is -2.30. The number of aromatic nitrogens is 2. The largest absolute Gasteiger partial charge is 0.454 e. The van der Waals surface area contributed by atoms with Gasteiger partial charge in [0.25, 0.3) is 0 Å². The number of aryl methyl sites for hydroxylation is 2. The Morgan fingerprint density at radius 1 is 1.21 bits per heavy atom. The maximum atomic E-state index is 8.31. The van der Waals surface area contributed by atoms with E-state index in [1.807, 2.05) is 44.4 Å². The molecule has 0 amide bonds. The second-order valence-electron chi connectivity index (χ2n) is 6.13. The van der Waals surface area contributed by atoms with E-state index in [1.165, 1.54) is 6.92 Å². The first-order valence-corrected chi connectivity index (χ1v) is 7.89. The zero-order valence-electron chi connectivity index (χ0n) is 17.9. The summed E-state index contributed by atoms with van der Waals surface area (Å²) in [7, 11) is 2.00. The van der Waals surface area contributed by atoms with Gasteiger partial charge in [-0.1, -0.05) is 13.8 Å². The zero-order valence-corrected chi connectivity index (χ0v) is 13.9. The van der Waals surface area contributed by atoms with Gasteiger partial charge in [-0.2, -0.15) is 0 Å². The summed E-state index contributed by atoms with van der Waals surface area (Å²) >= 11 is 0. The quantitative estimate of drug-likeness (QED) is 0.491. The van der Waals surface area contributed by atoms with Gasteiger partial charge in [0.15, 0.2) is 11.8 Å². The summed E-state index contributed by atoms with van der Waals surface area (Å²) in [6.07, 6.45) is 2.00. The molecule has 0 saturated heterocycles. The van der Waals surface area contributed by atoms with Crippen LogP contribution < -0.4 is 4.57 Å². The van der Waals surface area contributed by atoms with Gasteiger partial charge in [0.1, 0.15) is 18.1 Å². The summed E-state index contributed by atoms with van der Waals surface area (Å²) in [6.45, 7) is 0.926. The highest BCUT2D eigenvalue weighted by atomic mass is 16.3. The minimum absolute atomic E-state index is 0.207. The van der Waals surface area contributed by atoms with Crippen LogP contribution in [0.4, 0.5) is 0 Å². The molecular formula is C21H21N2O+. The van der Waals surface area contributed by atoms with Gasteiger partial charge in [0.05, 0.1) is 5.56 Å². The minimum atomic E-state index is -2.47. The summed E-state index contributed by atoms with van der Waals surface area (Å²) < 4.78 is 39.3. The van der Waals surface area contributed by atoms with Crippen LogP contribution >= 0.6 is 0 Å². The molecule has 1 aromatic carbocycles. The van der Waals surface area contributed by atoms with Crippen molar-refractivity contribution in [1.29, 1.82) is 0 Å². The molecule has 0 aliphatic rings. The standard InChI is InChI=1S/C21H21N2O/c1-13(2)17-8-9-19-21(22-17)16-11-14(3)15(12-20(16)24-19)18-7-5-6-10-23(18)4/h5-13H,1-4H3/q+1/i1D3,13D. The molecule has 4 rings (SSSR count). The number of hydrogen-bond acceptors (Lipinski definition) is 2. The van der Waals surface area contributed by atoms with Crippen molar-refractivity contribution < 1.29 is 14.5 Å². The molecule has 0 aliphatic heterocycles. The van der Waals surface area contributed by atoms with Crippen LogP contribution in [-0.2, 0) is 7.05 Å². The van der Waals surface area contributed by atoms with Crippen molar-refractivity contribution in [3.8, 4) is 11.3 Å². The molecule has 24 heavy (non-hydrogen) atoms. The van der Waals surface area contributed by atoms with Crippen molar-refractivity contribution >= 4 is 22.1 Å². The fourth-order valence-electron chi connectivity index (χ4n) is 3.09. The topological polar surface area (TPSA) is 29.9 Å². The van der Waals surface area contributed by atoms with E-state index in [-0.39, 0.29) is 5.69 Å². The molecule has 3 nitrogen and oxygen atoms in total. The molecule has 0 fully saturated rings. The van der Waals surface area contributed by atoms with Gasteiger partial charge in [0, 0.05) is 28.7 Å². The summed E-state index contributed by atoms with van der Waals surface area (Å²) in [5.74, 6) is -1.79. The molecule has 0 N–H and O–H groups in total. The van der Waals surface area contributed by atoms with Crippen molar-refractivity contribution in [2.24, 2.45) is 7.05 Å². The number of nitrogens with zero attached hydrogens (tertiary/aromatic N) is 2. The number of rotatable bonds is 2. The van der Waals surface area contributed by atoms with Gasteiger partial charge >= 0.3 is 0 Å². The molecule has 120 valence electrons. The Morgan fingerprint density at radius 3 is 2.88 bits per heavy atom. The fraction of sp³-hybridized carbons (Fsp3) is 0.238. The van der Waals surface area contributed by atoms with E-state index in [4.69, 9.17) is 9.90 Å². The summed E-state index contributed by atoms with van der Waals surface area (Å²) in [5.41, 5.74) is 5.24. The molecule has 3 aromatic heterocycles. The van der Waals surface area contributed by atoms with Crippen LogP contribution in [0.3, 0.4) is 0 Å². The van der Waals surface area contributed by atoms with E-state index in [0.29, 0.717) is 16.7 Å². The van der Waals surface area contributed by atoms with Crippen LogP contribution in [0.1, 0.15) is 36.4 Å². The molecule has 3 heterocycles. The molecule has 0 spiro atoms. The van der Waals surface area contributed by atoms with Crippen molar-refractivity contribution in [1.82, 2.24) is 4.98 Å². The van der Waals surface area contributed by atoms with Gasteiger partial charge in [-0.3, -0.25) is 0 Å². The van der Waals surface area contributed by atoms with Crippen LogP contribution in [-0.4, -0.2) is 4.98 Å². The van der Waals surface area contributed by atoms with E-state index < -0.39 is 12.7 Å². The van der Waals surface area contributed by atoms with Crippen molar-refractivity contribution in [2.75, 3.05) is 0 Å². The van der Waals surface area contributed by atoms with Crippen LogP contribution in [0.15, 0.2) is 53.1 Å². The van der Waals surface area contributed by atoms with Gasteiger partial charge < -0.3 is 4.42 Å². The molecule has 1 atom stereocenters. The SMILES string of the molecule is [2H]C([2H])([2H])C([2H])(C)c1ccc2oc3cc(-c4cccc[n+]4C)c(C)cc3c2n1. The van der Waals surface area contributed by atoms with Crippen LogP contribution in [0, 0.1) is 6.92 Å². The minimum Gasteiger partial charge on any atom is -0.454 e. The highest BCUT2D eigenvalue weighted by molar-refractivity contribution is 6.04. The lowest BCUT2D eigenvalue weighted by atomic mass is 10.0. The highest BCUT2D eigenvalue weighted by Crippen LogP contribution is 2.33. The third kappa shape index (κ3) is 2.28. The number of hydrogen-bond donors (Lipinski definition) is 0. The lowest BCUT2D eigenvalue weighted by molar-refractivity contribution is -0.660. The Morgan fingerprint density at radius 2 is 2.08 bits per heavy atom. The monoisotopic (exact) mass is 321 g/mol. The predicted octanol–water partition coefficient (Wildman–Crippen LogP) is 4.90. The van der Waals surface area contributed by atoms with Crippen molar-refractivity contribution in [3.63, 3.8) is 0 Å². The Balaban J connectivity index is 1.94. The highest BCUT2D eigenvalue weighted by Gasteiger charge is 2.17. The first kappa shape index (κ1) is 11.0. The second kappa shape index (κ2) is 5.45. The van der Waals surface area contributed by atoms with E-state index in [9.17, 15) is 0 Å². The number of benzene rings is 1. The Labute approximate surface area is 147 Å². The fourth-order valence-corrected chi connectivity index (χ4v) is 3.09. The van der Waals surface area contributed by atoms with Crippen LogP contribution in [0.25, 0.3) is 33.3 Å². The van der Waals surface area contributed by atoms with Crippen LogP contribution in [0.5, 0.6) is 0 Å². The molecule has 0 aliphatic carbocycles. The summed E-state index contributed by atoms with van der Waals surface area (Å²) in [5, 5.41) is 0.818. The molecular weight excluding hydrogens is 296 g/mol. The first-order chi connectivity index (χ1) is 13.1. The molecule has 3 heteroatoms. The van der Waals surface area contributed by atoms with Gasteiger partial charge in [-0.15, -0.1) is 0 Å². The van der Waals surface area contributed by atoms with E-state index >= 15 is 0 Å². The Hall–Kier alpha value is -2.68. The molecule has 1 unspecified atom stereocenters. The van der Waals surface area contributed by atoms with Gasteiger partial charge in [-0.05, 0) is 48.7 Å². The average Bonchev–Trinajstić information content (AvgIpc) is 2.97. The Kier molecular flexibility index (Phi) is 2.49. The maximum absolute atomic E-state index is 8.31. The van der Waals surface area contributed by atoms with E-state index in [1.54, 1.807) is 12.1 Å². The molecule has 0 radical (unpaired) electrons. The summed E-state index contributed by atoms with van der Waals surface area (Å²) in [4.78, 5) is 4.52. The maximum Gasteiger partial charge on any atom is 0.212 e. The first-order valence-electron chi connectivity index (χ1n) is 9.89. The molecule has 4 aromatic rings. The van der Waals surface area contributed by atoms with E-state index in [2.05, 4.69) is 15.6 Å². The smallest absolute Gasteiger partial charge is 0.212 e. The Bertz CT molecular complexity index is 1210. The lowest BCUT2D eigenvalue weighted by Gasteiger charge is -2.05. The number of fused-ring (bicyclic) bond motifs is 3. The van der Waals surface area contributed by atoms with Crippen molar-refractivity contribution in [2.45, 2.75) is 26.6 Å².